The number of aromatic nitrogens is 1. The first kappa shape index (κ1) is 31.7. The van der Waals surface area contributed by atoms with Crippen LogP contribution in [0.3, 0.4) is 0 Å². The van der Waals surface area contributed by atoms with Crippen molar-refractivity contribution in [2.75, 3.05) is 59.0 Å². The average molecular weight is 591 g/mol. The van der Waals surface area contributed by atoms with Crippen molar-refractivity contribution < 1.29 is 23.6 Å². The lowest BCUT2D eigenvalue weighted by Crippen LogP contribution is -2.35. The lowest BCUT2D eigenvalue weighted by molar-refractivity contribution is -0.135. The fourth-order valence-electron chi connectivity index (χ4n) is 5.23. The van der Waals surface area contributed by atoms with Gasteiger partial charge in [0.2, 0.25) is 23.5 Å². The number of carbonyl (C=O) groups excluding carboxylic acids is 4. The number of aryl methyl sites for hydroxylation is 1. The molecule has 2 aromatic heterocycles. The molecule has 11 nitrogen and oxygen atoms in total. The third-order valence-electron chi connectivity index (χ3n) is 7.91. The number of likely N-dealkylation sites (N-methyl/N-ethyl adjacent to an activating group) is 2. The predicted octanol–water partition coefficient (Wildman–Crippen LogP) is 3.78. The molecule has 1 aliphatic rings. The molecule has 230 valence electrons. The zero-order valence-corrected chi connectivity index (χ0v) is 25.9. The highest BCUT2D eigenvalue weighted by atomic mass is 16.3. The van der Waals surface area contributed by atoms with E-state index in [2.05, 4.69) is 15.6 Å². The zero-order valence-electron chi connectivity index (χ0n) is 25.9. The molecular formula is C32H42N6O5. The number of pyridine rings is 1. The van der Waals surface area contributed by atoms with E-state index in [4.69, 9.17) is 4.42 Å². The molecule has 11 heteroatoms. The summed E-state index contributed by atoms with van der Waals surface area (Å²) in [5.41, 5.74) is 2.35. The highest BCUT2D eigenvalue weighted by Gasteiger charge is 2.32. The van der Waals surface area contributed by atoms with Crippen LogP contribution in [0.1, 0.15) is 47.4 Å². The molecule has 0 unspecified atom stereocenters. The Kier molecular flexibility index (Phi) is 10.2. The molecular weight excluding hydrogens is 548 g/mol. The van der Waals surface area contributed by atoms with Gasteiger partial charge in [0, 0.05) is 57.7 Å². The standard InChI is InChI=1S/C32H42N6O5/c1-20-7-14-26(33-19-20)34-31(41)29-28(35-30(40)22-9-11-23(12-10-22)32(42)37(4)5)24-17-21(8-13-25(24)43-29)18-27(39)38(6)16-15-36(2)3/h7-8,13-14,17,19,22-23H,9-12,15-16,18H2,1-6H3,(H,35,40)(H,33,34,41). The largest absolute Gasteiger partial charge is 0.449 e. The number of nitrogens with one attached hydrogen (secondary N) is 2. The Morgan fingerprint density at radius 3 is 2.23 bits per heavy atom. The van der Waals surface area contributed by atoms with E-state index in [1.165, 1.54) is 0 Å². The number of amides is 4. The van der Waals surface area contributed by atoms with Gasteiger partial charge in [-0.05, 0) is 76.0 Å². The van der Waals surface area contributed by atoms with Gasteiger partial charge in [-0.3, -0.25) is 19.2 Å². The summed E-state index contributed by atoms with van der Waals surface area (Å²) in [6, 6.07) is 8.83. The van der Waals surface area contributed by atoms with E-state index < -0.39 is 5.91 Å². The Bertz CT molecular complexity index is 1470. The maximum atomic E-state index is 13.5. The normalized spacial score (nSPS) is 16.6. The smallest absolute Gasteiger partial charge is 0.294 e. The molecule has 0 bridgehead atoms. The van der Waals surface area contributed by atoms with Crippen LogP contribution in [0, 0.1) is 18.8 Å². The molecule has 0 saturated heterocycles. The Hall–Kier alpha value is -4.25. The summed E-state index contributed by atoms with van der Waals surface area (Å²) in [4.78, 5) is 61.8. The summed E-state index contributed by atoms with van der Waals surface area (Å²) in [5, 5.41) is 6.26. The number of hydrogen-bond donors (Lipinski definition) is 2. The van der Waals surface area contributed by atoms with Crippen LogP contribution in [0.25, 0.3) is 11.0 Å². The Morgan fingerprint density at radius 1 is 0.907 bits per heavy atom. The fourth-order valence-corrected chi connectivity index (χ4v) is 5.23. The van der Waals surface area contributed by atoms with Crippen molar-refractivity contribution in [1.82, 2.24) is 19.7 Å². The van der Waals surface area contributed by atoms with E-state index in [9.17, 15) is 19.2 Å². The molecule has 4 rings (SSSR count). The van der Waals surface area contributed by atoms with Crippen molar-refractivity contribution >= 4 is 46.1 Å². The van der Waals surface area contributed by atoms with Crippen molar-refractivity contribution in [3.8, 4) is 0 Å². The van der Waals surface area contributed by atoms with Gasteiger partial charge >= 0.3 is 0 Å². The van der Waals surface area contributed by atoms with Crippen molar-refractivity contribution in [1.29, 1.82) is 0 Å². The van der Waals surface area contributed by atoms with Gasteiger partial charge in [0.1, 0.15) is 17.1 Å². The van der Waals surface area contributed by atoms with Gasteiger partial charge in [-0.2, -0.15) is 0 Å². The Balaban J connectivity index is 1.59. The summed E-state index contributed by atoms with van der Waals surface area (Å²) in [7, 11) is 9.18. The van der Waals surface area contributed by atoms with E-state index in [1.54, 1.807) is 61.4 Å². The van der Waals surface area contributed by atoms with E-state index in [1.807, 2.05) is 32.0 Å². The number of nitrogens with zero attached hydrogens (tertiary/aromatic N) is 4. The maximum Gasteiger partial charge on any atom is 0.294 e. The Morgan fingerprint density at radius 2 is 1.60 bits per heavy atom. The first-order valence-corrected chi connectivity index (χ1v) is 14.6. The molecule has 4 amide bonds. The van der Waals surface area contributed by atoms with Gasteiger partial charge < -0.3 is 29.8 Å². The number of fused-ring (bicyclic) bond motifs is 1. The lowest BCUT2D eigenvalue weighted by Gasteiger charge is -2.28. The molecule has 3 aromatic rings. The van der Waals surface area contributed by atoms with Gasteiger partial charge in [-0.1, -0.05) is 12.1 Å². The minimum atomic E-state index is -0.552. The van der Waals surface area contributed by atoms with E-state index in [-0.39, 0.29) is 47.4 Å². The topological polar surface area (TPSA) is 128 Å². The van der Waals surface area contributed by atoms with Crippen LogP contribution < -0.4 is 10.6 Å². The van der Waals surface area contributed by atoms with Gasteiger partial charge in [0.15, 0.2) is 0 Å². The Labute approximate surface area is 252 Å². The number of rotatable bonds is 10. The summed E-state index contributed by atoms with van der Waals surface area (Å²) < 4.78 is 5.99. The first-order valence-electron chi connectivity index (χ1n) is 14.6. The van der Waals surface area contributed by atoms with E-state index >= 15 is 0 Å². The molecule has 1 aromatic carbocycles. The summed E-state index contributed by atoms with van der Waals surface area (Å²) >= 11 is 0. The number of carbonyl (C=O) groups is 4. The molecule has 0 aliphatic heterocycles. The zero-order chi connectivity index (χ0) is 31.3. The number of anilines is 2. The molecule has 2 heterocycles. The second kappa shape index (κ2) is 13.8. The van der Waals surface area contributed by atoms with Crippen LogP contribution >= 0.6 is 0 Å². The van der Waals surface area contributed by atoms with E-state index in [0.717, 1.165) is 17.7 Å². The number of furan rings is 1. The molecule has 1 aliphatic carbocycles. The van der Waals surface area contributed by atoms with Gasteiger partial charge in [-0.15, -0.1) is 0 Å². The molecule has 1 fully saturated rings. The molecule has 0 radical (unpaired) electrons. The predicted molar refractivity (Wildman–Crippen MR) is 166 cm³/mol. The fraction of sp³-hybridized carbons (Fsp3) is 0.469. The summed E-state index contributed by atoms with van der Waals surface area (Å²) in [6.07, 6.45) is 4.20. The molecule has 0 spiro atoms. The van der Waals surface area contributed by atoms with Gasteiger partial charge in [-0.25, -0.2) is 4.98 Å². The van der Waals surface area contributed by atoms with Crippen LogP contribution in [0.4, 0.5) is 11.5 Å². The van der Waals surface area contributed by atoms with Crippen LogP contribution in [0.2, 0.25) is 0 Å². The minimum absolute atomic E-state index is 0.0391. The van der Waals surface area contributed by atoms with Crippen molar-refractivity contribution in [3.05, 3.63) is 53.4 Å². The molecule has 0 atom stereocenters. The lowest BCUT2D eigenvalue weighted by atomic mass is 9.81. The van der Waals surface area contributed by atoms with Gasteiger partial charge in [0.25, 0.3) is 5.91 Å². The highest BCUT2D eigenvalue weighted by Crippen LogP contribution is 2.35. The van der Waals surface area contributed by atoms with Crippen molar-refractivity contribution in [3.63, 3.8) is 0 Å². The molecule has 2 N–H and O–H groups in total. The second-order valence-corrected chi connectivity index (χ2v) is 11.9. The number of hydrogen-bond acceptors (Lipinski definition) is 7. The van der Waals surface area contributed by atoms with Crippen LogP contribution in [0.5, 0.6) is 0 Å². The maximum absolute atomic E-state index is 13.5. The highest BCUT2D eigenvalue weighted by molar-refractivity contribution is 6.14. The van der Waals surface area contributed by atoms with Gasteiger partial charge in [0.05, 0.1) is 6.42 Å². The van der Waals surface area contributed by atoms with Crippen LogP contribution in [-0.4, -0.2) is 91.6 Å². The van der Waals surface area contributed by atoms with Crippen LogP contribution in [0.15, 0.2) is 40.9 Å². The molecule has 43 heavy (non-hydrogen) atoms. The summed E-state index contributed by atoms with van der Waals surface area (Å²) in [5.74, 6) is -0.831. The SMILES string of the molecule is Cc1ccc(NC(=O)c2oc3ccc(CC(=O)N(C)CCN(C)C)cc3c2NC(=O)C2CCC(C(=O)N(C)C)CC2)nc1. The third kappa shape index (κ3) is 7.98. The quantitative estimate of drug-likeness (QED) is 0.368. The van der Waals surface area contributed by atoms with Crippen molar-refractivity contribution in [2.24, 2.45) is 11.8 Å². The monoisotopic (exact) mass is 590 g/mol. The number of benzene rings is 1. The molecule has 1 saturated carbocycles. The van der Waals surface area contributed by atoms with Crippen molar-refractivity contribution in [2.45, 2.75) is 39.0 Å². The average Bonchev–Trinajstić information content (AvgIpc) is 3.34. The van der Waals surface area contributed by atoms with Crippen LogP contribution in [-0.2, 0) is 20.8 Å². The minimum Gasteiger partial charge on any atom is -0.449 e. The second-order valence-electron chi connectivity index (χ2n) is 11.9. The first-order chi connectivity index (χ1) is 20.4. The third-order valence-corrected chi connectivity index (χ3v) is 7.91. The summed E-state index contributed by atoms with van der Waals surface area (Å²) in [6.45, 7) is 3.25. The van der Waals surface area contributed by atoms with E-state index in [0.29, 0.717) is 49.0 Å².